The normalized spacial score (nSPS) is 22.9. The highest BCUT2D eigenvalue weighted by Crippen LogP contribution is 2.23. The van der Waals surface area contributed by atoms with E-state index in [0.717, 1.165) is 0 Å². The van der Waals surface area contributed by atoms with Gasteiger partial charge in [0.1, 0.15) is 6.04 Å². The highest BCUT2D eigenvalue weighted by Gasteiger charge is 2.38. The van der Waals surface area contributed by atoms with E-state index >= 15 is 0 Å². The van der Waals surface area contributed by atoms with Gasteiger partial charge in [-0.2, -0.15) is 0 Å². The topological polar surface area (TPSA) is 57.6 Å². The lowest BCUT2D eigenvalue weighted by Crippen LogP contribution is -2.45. The molecule has 1 amide bonds. The van der Waals surface area contributed by atoms with Crippen LogP contribution < -0.4 is 0 Å². The fourth-order valence-electron chi connectivity index (χ4n) is 1.89. The molecule has 4 nitrogen and oxygen atoms in total. The van der Waals surface area contributed by atoms with Crippen LogP contribution in [0.15, 0.2) is 0 Å². The van der Waals surface area contributed by atoms with Gasteiger partial charge in [0.2, 0.25) is 5.91 Å². The molecule has 2 unspecified atom stereocenters. The van der Waals surface area contributed by atoms with Gasteiger partial charge >= 0.3 is 5.97 Å². The minimum Gasteiger partial charge on any atom is -0.480 e. The maximum Gasteiger partial charge on any atom is 0.326 e. The Morgan fingerprint density at radius 1 is 1.67 bits per heavy atom. The standard InChI is InChI=1S/C11H15NO3/c1-4-8-5-9(13)12(6-8)10(7(2)3)11(14)15/h1,7-8,10H,5-6H2,2-3H3,(H,14,15). The highest BCUT2D eigenvalue weighted by molar-refractivity contribution is 5.85. The fourth-order valence-corrected chi connectivity index (χ4v) is 1.89. The van der Waals surface area contributed by atoms with Crippen LogP contribution >= 0.6 is 0 Å². The summed E-state index contributed by atoms with van der Waals surface area (Å²) in [6.45, 7) is 3.94. The Morgan fingerprint density at radius 2 is 2.27 bits per heavy atom. The van der Waals surface area contributed by atoms with E-state index in [-0.39, 0.29) is 24.2 Å². The van der Waals surface area contributed by atoms with Gasteiger partial charge in [0.15, 0.2) is 0 Å². The number of carbonyl (C=O) groups excluding carboxylic acids is 1. The fraction of sp³-hybridized carbons (Fsp3) is 0.636. The molecule has 0 aromatic rings. The smallest absolute Gasteiger partial charge is 0.326 e. The van der Waals surface area contributed by atoms with Crippen molar-refractivity contribution < 1.29 is 14.7 Å². The first kappa shape index (κ1) is 11.6. The van der Waals surface area contributed by atoms with Crippen LogP contribution in [0, 0.1) is 24.2 Å². The Balaban J connectivity index is 2.83. The summed E-state index contributed by atoms with van der Waals surface area (Å²) < 4.78 is 0. The predicted molar refractivity (Wildman–Crippen MR) is 54.9 cm³/mol. The minimum absolute atomic E-state index is 0.108. The first-order chi connectivity index (χ1) is 6.97. The zero-order valence-corrected chi connectivity index (χ0v) is 8.93. The molecule has 1 aliphatic heterocycles. The second-order valence-electron chi connectivity index (χ2n) is 4.14. The van der Waals surface area contributed by atoms with Crippen molar-refractivity contribution in [3.05, 3.63) is 0 Å². The van der Waals surface area contributed by atoms with Crippen LogP contribution in [0.25, 0.3) is 0 Å². The van der Waals surface area contributed by atoms with E-state index in [1.165, 1.54) is 4.90 Å². The Morgan fingerprint density at radius 3 is 2.60 bits per heavy atom. The second kappa shape index (κ2) is 4.35. The van der Waals surface area contributed by atoms with Gasteiger partial charge in [-0.15, -0.1) is 12.3 Å². The molecule has 1 N–H and O–H groups in total. The van der Waals surface area contributed by atoms with Crippen molar-refractivity contribution in [2.45, 2.75) is 26.3 Å². The molecule has 2 atom stereocenters. The van der Waals surface area contributed by atoms with Gasteiger partial charge < -0.3 is 10.0 Å². The number of rotatable bonds is 3. The van der Waals surface area contributed by atoms with Crippen molar-refractivity contribution in [3.63, 3.8) is 0 Å². The molecule has 1 aliphatic rings. The molecular formula is C11H15NO3. The minimum atomic E-state index is -0.962. The van der Waals surface area contributed by atoms with Gasteiger partial charge in [-0.25, -0.2) is 4.79 Å². The SMILES string of the molecule is C#CC1CC(=O)N(C(C(=O)O)C(C)C)C1. The maximum atomic E-state index is 11.6. The van der Waals surface area contributed by atoms with Crippen LogP contribution in [-0.4, -0.2) is 34.5 Å². The first-order valence-electron chi connectivity index (χ1n) is 4.95. The maximum absolute atomic E-state index is 11.6. The molecule has 1 rings (SSSR count). The van der Waals surface area contributed by atoms with Crippen molar-refractivity contribution in [3.8, 4) is 12.3 Å². The molecule has 0 aromatic heterocycles. The van der Waals surface area contributed by atoms with E-state index in [1.54, 1.807) is 13.8 Å². The van der Waals surface area contributed by atoms with Gasteiger partial charge in [0.25, 0.3) is 0 Å². The van der Waals surface area contributed by atoms with E-state index in [9.17, 15) is 9.59 Å². The molecule has 1 fully saturated rings. The summed E-state index contributed by atoms with van der Waals surface area (Å²) in [6, 6.07) is -0.754. The lowest BCUT2D eigenvalue weighted by Gasteiger charge is -2.27. The monoisotopic (exact) mass is 209 g/mol. The number of amides is 1. The number of likely N-dealkylation sites (tertiary alicyclic amines) is 1. The number of carboxylic acids is 1. The lowest BCUT2D eigenvalue weighted by molar-refractivity contribution is -0.150. The number of hydrogen-bond acceptors (Lipinski definition) is 2. The largest absolute Gasteiger partial charge is 0.480 e. The van der Waals surface area contributed by atoms with Crippen molar-refractivity contribution in [2.75, 3.05) is 6.54 Å². The number of terminal acetylenes is 1. The quantitative estimate of drug-likeness (QED) is 0.692. The molecule has 0 bridgehead atoms. The highest BCUT2D eigenvalue weighted by atomic mass is 16.4. The summed E-state index contributed by atoms with van der Waals surface area (Å²) >= 11 is 0. The van der Waals surface area contributed by atoms with E-state index in [0.29, 0.717) is 6.54 Å². The van der Waals surface area contributed by atoms with Gasteiger partial charge in [0, 0.05) is 18.9 Å². The zero-order chi connectivity index (χ0) is 11.6. The molecule has 82 valence electrons. The van der Waals surface area contributed by atoms with Crippen LogP contribution in [0.5, 0.6) is 0 Å². The van der Waals surface area contributed by atoms with Crippen molar-refractivity contribution in [2.24, 2.45) is 11.8 Å². The molecule has 1 heterocycles. The van der Waals surface area contributed by atoms with Crippen LogP contribution in [-0.2, 0) is 9.59 Å². The summed E-state index contributed by atoms with van der Waals surface area (Å²) in [5.41, 5.74) is 0. The van der Waals surface area contributed by atoms with Crippen LogP contribution in [0.3, 0.4) is 0 Å². The molecule has 0 aliphatic carbocycles. The Kier molecular flexibility index (Phi) is 3.35. The van der Waals surface area contributed by atoms with Crippen molar-refractivity contribution in [1.29, 1.82) is 0 Å². The number of carbonyl (C=O) groups is 2. The Bertz CT molecular complexity index is 316. The second-order valence-corrected chi connectivity index (χ2v) is 4.14. The molecule has 15 heavy (non-hydrogen) atoms. The molecule has 4 heteroatoms. The molecule has 0 radical (unpaired) electrons. The summed E-state index contributed by atoms with van der Waals surface area (Å²) in [5.74, 6) is 1.14. The summed E-state index contributed by atoms with van der Waals surface area (Å²) in [4.78, 5) is 24.0. The third kappa shape index (κ3) is 2.30. The number of nitrogens with zero attached hydrogens (tertiary/aromatic N) is 1. The lowest BCUT2D eigenvalue weighted by atomic mass is 10.0. The van der Waals surface area contributed by atoms with E-state index < -0.39 is 12.0 Å². The molecule has 0 saturated carbocycles. The van der Waals surface area contributed by atoms with E-state index in [1.807, 2.05) is 0 Å². The Labute approximate surface area is 89.3 Å². The summed E-state index contributed by atoms with van der Waals surface area (Å²) in [7, 11) is 0. The Hall–Kier alpha value is -1.50. The number of carboxylic acid groups (broad SMARTS) is 1. The van der Waals surface area contributed by atoms with E-state index in [2.05, 4.69) is 5.92 Å². The number of hydrogen-bond donors (Lipinski definition) is 1. The van der Waals surface area contributed by atoms with Gasteiger partial charge in [0.05, 0.1) is 0 Å². The third-order valence-corrected chi connectivity index (χ3v) is 2.61. The molecule has 0 aromatic carbocycles. The first-order valence-corrected chi connectivity index (χ1v) is 4.95. The van der Waals surface area contributed by atoms with Crippen LogP contribution in [0.4, 0.5) is 0 Å². The van der Waals surface area contributed by atoms with Crippen LogP contribution in [0.2, 0.25) is 0 Å². The summed E-state index contributed by atoms with van der Waals surface area (Å²) in [6.07, 6.45) is 5.51. The predicted octanol–water partition coefficient (Wildman–Crippen LogP) is 0.577. The third-order valence-electron chi connectivity index (χ3n) is 2.61. The zero-order valence-electron chi connectivity index (χ0n) is 8.93. The van der Waals surface area contributed by atoms with Crippen LogP contribution in [0.1, 0.15) is 20.3 Å². The molecular weight excluding hydrogens is 194 g/mol. The molecule has 1 saturated heterocycles. The average Bonchev–Trinajstić information content (AvgIpc) is 2.46. The summed E-state index contributed by atoms with van der Waals surface area (Å²) in [5, 5.41) is 9.04. The van der Waals surface area contributed by atoms with Crippen molar-refractivity contribution >= 4 is 11.9 Å². The van der Waals surface area contributed by atoms with Gasteiger partial charge in [-0.3, -0.25) is 4.79 Å². The van der Waals surface area contributed by atoms with Gasteiger partial charge in [-0.05, 0) is 5.92 Å². The average molecular weight is 209 g/mol. The molecule has 0 spiro atoms. The van der Waals surface area contributed by atoms with E-state index in [4.69, 9.17) is 11.5 Å². The van der Waals surface area contributed by atoms with Gasteiger partial charge in [-0.1, -0.05) is 13.8 Å². The number of aliphatic carboxylic acids is 1. The van der Waals surface area contributed by atoms with Crippen molar-refractivity contribution in [1.82, 2.24) is 4.90 Å².